The first-order chi connectivity index (χ1) is 19.5. The number of rotatable bonds is 3. The van der Waals surface area contributed by atoms with E-state index < -0.39 is 16.9 Å². The SMILES string of the molecule is CCc1cccc2c1NC(=O)[C@]21N2CCC[C@H]2[C@@H](C(=O)c2ccc3ccccc3c2)[C@]12C(=O)Nc1ccccc12. The van der Waals surface area contributed by atoms with Crippen molar-refractivity contribution in [3.8, 4) is 0 Å². The number of hydrogen-bond donors (Lipinski definition) is 2. The summed E-state index contributed by atoms with van der Waals surface area (Å²) in [4.78, 5) is 46.4. The number of nitrogens with zero attached hydrogens (tertiary/aromatic N) is 1. The lowest BCUT2D eigenvalue weighted by Gasteiger charge is -2.43. The van der Waals surface area contributed by atoms with Gasteiger partial charge in [-0.15, -0.1) is 0 Å². The summed E-state index contributed by atoms with van der Waals surface area (Å²) in [6.45, 7) is 2.71. The molecule has 4 aliphatic heterocycles. The molecule has 4 atom stereocenters. The van der Waals surface area contributed by atoms with E-state index >= 15 is 0 Å². The summed E-state index contributed by atoms with van der Waals surface area (Å²) < 4.78 is 0. The molecule has 4 aliphatic rings. The Hall–Kier alpha value is -4.29. The number of nitrogens with one attached hydrogen (secondary N) is 2. The molecule has 0 bridgehead atoms. The third kappa shape index (κ3) is 2.60. The number of fused-ring (bicyclic) bond motifs is 8. The molecule has 4 heterocycles. The average molecular weight is 528 g/mol. The van der Waals surface area contributed by atoms with Gasteiger partial charge in [0.25, 0.3) is 5.91 Å². The van der Waals surface area contributed by atoms with Crippen LogP contribution in [-0.2, 0) is 27.0 Å². The standard InChI is InChI=1S/C34H29N3O3/c1-2-20-11-7-13-25-29(20)36-32(40)34(25)33(24-12-5-6-14-26(24)35-31(33)39)28(27-15-8-18-37(27)34)30(38)23-17-16-21-9-3-4-10-22(21)19-23/h3-7,9-14,16-17,19,27-28H,2,8,15,18H2,1H3,(H,35,39)(H,36,40)/t27-,28-,33+,34+/m0/s1. The molecule has 2 saturated heterocycles. The highest BCUT2D eigenvalue weighted by atomic mass is 16.2. The first-order valence-corrected chi connectivity index (χ1v) is 14.2. The number of aryl methyl sites for hydroxylation is 1. The van der Waals surface area contributed by atoms with Gasteiger partial charge in [0.2, 0.25) is 5.91 Å². The van der Waals surface area contributed by atoms with Crippen molar-refractivity contribution in [3.05, 3.63) is 107 Å². The molecule has 0 saturated carbocycles. The largest absolute Gasteiger partial charge is 0.325 e. The van der Waals surface area contributed by atoms with Gasteiger partial charge in [-0.25, -0.2) is 0 Å². The fourth-order valence-electron chi connectivity index (χ4n) is 8.48. The summed E-state index contributed by atoms with van der Waals surface area (Å²) in [7, 11) is 0. The van der Waals surface area contributed by atoms with Gasteiger partial charge in [0, 0.05) is 28.5 Å². The van der Waals surface area contributed by atoms with Crippen LogP contribution in [0.25, 0.3) is 10.8 Å². The first kappa shape index (κ1) is 23.6. The van der Waals surface area contributed by atoms with E-state index in [0.717, 1.165) is 52.4 Å². The third-order valence-corrected chi connectivity index (χ3v) is 9.92. The number of amides is 2. The second-order valence-corrected chi connectivity index (χ2v) is 11.5. The predicted octanol–water partition coefficient (Wildman–Crippen LogP) is 5.42. The van der Waals surface area contributed by atoms with Crippen LogP contribution in [-0.4, -0.2) is 35.1 Å². The number of hydrogen-bond acceptors (Lipinski definition) is 4. The van der Waals surface area contributed by atoms with Crippen molar-refractivity contribution in [2.24, 2.45) is 5.92 Å². The maximum absolute atomic E-state index is 14.9. The number of ketones is 1. The molecule has 40 heavy (non-hydrogen) atoms. The highest BCUT2D eigenvalue weighted by Gasteiger charge is 2.81. The Labute approximate surface area is 232 Å². The number of Topliss-reactive ketones (excluding diaryl/α,β-unsaturated/α-hetero) is 1. The lowest BCUT2D eigenvalue weighted by molar-refractivity contribution is -0.137. The molecule has 2 amide bonds. The maximum atomic E-state index is 14.9. The molecule has 198 valence electrons. The Kier molecular flexibility index (Phi) is 4.79. The lowest BCUT2D eigenvalue weighted by atomic mass is 9.57. The van der Waals surface area contributed by atoms with Crippen molar-refractivity contribution in [1.29, 1.82) is 0 Å². The van der Waals surface area contributed by atoms with E-state index in [-0.39, 0.29) is 23.6 Å². The van der Waals surface area contributed by atoms with E-state index in [1.165, 1.54) is 0 Å². The minimum absolute atomic E-state index is 0.0840. The van der Waals surface area contributed by atoms with Gasteiger partial charge in [0.05, 0.1) is 5.92 Å². The summed E-state index contributed by atoms with van der Waals surface area (Å²) in [5.74, 6) is -1.30. The number of carbonyl (C=O) groups is 3. The van der Waals surface area contributed by atoms with Crippen molar-refractivity contribution < 1.29 is 14.4 Å². The Morgan fingerprint density at radius 1 is 0.875 bits per heavy atom. The normalized spacial score (nSPS) is 28.1. The zero-order valence-corrected chi connectivity index (χ0v) is 22.2. The van der Waals surface area contributed by atoms with Crippen LogP contribution in [0, 0.1) is 5.92 Å². The minimum atomic E-state index is -1.42. The summed E-state index contributed by atoms with van der Waals surface area (Å²) in [5, 5.41) is 8.37. The van der Waals surface area contributed by atoms with Crippen molar-refractivity contribution >= 4 is 39.7 Å². The molecule has 4 aromatic carbocycles. The number of benzene rings is 4. The topological polar surface area (TPSA) is 78.5 Å². The minimum Gasteiger partial charge on any atom is -0.325 e. The van der Waals surface area contributed by atoms with E-state index in [4.69, 9.17) is 0 Å². The van der Waals surface area contributed by atoms with Crippen LogP contribution in [0.3, 0.4) is 0 Å². The number of anilines is 2. The molecule has 0 unspecified atom stereocenters. The van der Waals surface area contributed by atoms with Gasteiger partial charge in [-0.3, -0.25) is 19.3 Å². The van der Waals surface area contributed by atoms with Crippen LogP contribution in [0.2, 0.25) is 0 Å². The van der Waals surface area contributed by atoms with Crippen molar-refractivity contribution in [2.75, 3.05) is 17.2 Å². The molecular formula is C34H29N3O3. The van der Waals surface area contributed by atoms with Crippen molar-refractivity contribution in [1.82, 2.24) is 4.90 Å². The lowest BCUT2D eigenvalue weighted by Crippen LogP contribution is -2.62. The molecule has 6 heteroatoms. The molecule has 2 spiro atoms. The number of para-hydroxylation sites is 2. The molecule has 8 rings (SSSR count). The van der Waals surface area contributed by atoms with Gasteiger partial charge in [-0.2, -0.15) is 0 Å². The van der Waals surface area contributed by atoms with Crippen LogP contribution < -0.4 is 10.6 Å². The zero-order chi connectivity index (χ0) is 27.2. The quantitative estimate of drug-likeness (QED) is 0.349. The summed E-state index contributed by atoms with van der Waals surface area (Å²) in [6, 6.07) is 27.1. The second kappa shape index (κ2) is 8.12. The smallest absolute Gasteiger partial charge is 0.251 e. The Morgan fingerprint density at radius 2 is 1.65 bits per heavy atom. The molecule has 2 fully saturated rings. The van der Waals surface area contributed by atoms with Gasteiger partial charge in [-0.05, 0) is 59.8 Å². The van der Waals surface area contributed by atoms with Crippen molar-refractivity contribution in [2.45, 2.75) is 43.2 Å². The van der Waals surface area contributed by atoms with Crippen LogP contribution in [0.5, 0.6) is 0 Å². The van der Waals surface area contributed by atoms with Crippen LogP contribution in [0.1, 0.15) is 46.8 Å². The van der Waals surface area contributed by atoms with Crippen molar-refractivity contribution in [3.63, 3.8) is 0 Å². The van der Waals surface area contributed by atoms with E-state index in [2.05, 4.69) is 22.5 Å². The summed E-state index contributed by atoms with van der Waals surface area (Å²) in [5.41, 5.74) is 1.87. The Balaban J connectivity index is 1.45. The summed E-state index contributed by atoms with van der Waals surface area (Å²) in [6.07, 6.45) is 2.36. The van der Waals surface area contributed by atoms with E-state index in [0.29, 0.717) is 17.8 Å². The Bertz CT molecular complexity index is 1780. The predicted molar refractivity (Wildman–Crippen MR) is 154 cm³/mol. The zero-order valence-electron chi connectivity index (χ0n) is 22.2. The molecule has 6 nitrogen and oxygen atoms in total. The number of carbonyl (C=O) groups excluding carboxylic acids is 3. The molecule has 0 aromatic heterocycles. The second-order valence-electron chi connectivity index (χ2n) is 11.5. The van der Waals surface area contributed by atoms with Crippen LogP contribution in [0.4, 0.5) is 11.4 Å². The van der Waals surface area contributed by atoms with E-state index in [9.17, 15) is 14.4 Å². The molecular weight excluding hydrogens is 498 g/mol. The molecule has 2 N–H and O–H groups in total. The Morgan fingerprint density at radius 3 is 2.50 bits per heavy atom. The monoisotopic (exact) mass is 527 g/mol. The molecule has 0 radical (unpaired) electrons. The highest BCUT2D eigenvalue weighted by molar-refractivity contribution is 6.21. The van der Waals surface area contributed by atoms with E-state index in [1.807, 2.05) is 84.9 Å². The highest BCUT2D eigenvalue weighted by Crippen LogP contribution is 2.68. The third-order valence-electron chi connectivity index (χ3n) is 9.92. The molecule has 0 aliphatic carbocycles. The van der Waals surface area contributed by atoms with Crippen LogP contribution >= 0.6 is 0 Å². The average Bonchev–Trinajstić information content (AvgIpc) is 3.71. The fraction of sp³-hybridized carbons (Fsp3) is 0.265. The van der Waals surface area contributed by atoms with Gasteiger partial charge < -0.3 is 10.6 Å². The summed E-state index contributed by atoms with van der Waals surface area (Å²) >= 11 is 0. The van der Waals surface area contributed by atoms with Gasteiger partial charge in [0.15, 0.2) is 5.78 Å². The fourth-order valence-corrected chi connectivity index (χ4v) is 8.48. The first-order valence-electron chi connectivity index (χ1n) is 14.2. The maximum Gasteiger partial charge on any atom is 0.251 e. The van der Waals surface area contributed by atoms with Crippen LogP contribution in [0.15, 0.2) is 84.9 Å². The van der Waals surface area contributed by atoms with Gasteiger partial charge in [0.1, 0.15) is 11.0 Å². The van der Waals surface area contributed by atoms with Gasteiger partial charge in [-0.1, -0.05) is 79.7 Å². The molecule has 4 aromatic rings. The van der Waals surface area contributed by atoms with Gasteiger partial charge >= 0.3 is 0 Å². The van der Waals surface area contributed by atoms with E-state index in [1.54, 1.807) is 0 Å².